The van der Waals surface area contributed by atoms with Crippen molar-refractivity contribution < 1.29 is 4.79 Å². The molecule has 1 amide bonds. The maximum atomic E-state index is 13.0. The molecule has 0 bridgehead atoms. The normalized spacial score (nSPS) is 14.2. The van der Waals surface area contributed by atoms with Gasteiger partial charge in [0, 0.05) is 55.1 Å². The van der Waals surface area contributed by atoms with E-state index in [2.05, 4.69) is 70.1 Å². The molecule has 0 atom stereocenters. The third-order valence-corrected chi connectivity index (χ3v) is 6.51. The van der Waals surface area contributed by atoms with E-state index in [0.717, 1.165) is 67.3 Å². The fraction of sp³-hybridized carbons (Fsp3) is 0.370. The molecule has 2 aromatic carbocycles. The lowest BCUT2D eigenvalue weighted by Crippen LogP contribution is -2.38. The van der Waals surface area contributed by atoms with Crippen molar-refractivity contribution in [3.05, 3.63) is 66.5 Å². The summed E-state index contributed by atoms with van der Waals surface area (Å²) in [5.41, 5.74) is 5.20. The zero-order chi connectivity index (χ0) is 23.2. The number of benzene rings is 2. The highest BCUT2D eigenvalue weighted by Gasteiger charge is 2.26. The third kappa shape index (κ3) is 5.33. The number of aromatic nitrogens is 2. The first kappa shape index (κ1) is 22.8. The number of anilines is 3. The molecule has 33 heavy (non-hydrogen) atoms. The van der Waals surface area contributed by atoms with Crippen molar-refractivity contribution in [3.63, 3.8) is 0 Å². The van der Waals surface area contributed by atoms with Gasteiger partial charge in [-0.05, 0) is 57.4 Å². The van der Waals surface area contributed by atoms with E-state index in [1.54, 1.807) is 6.33 Å². The molecular formula is C27H33N5O. The van der Waals surface area contributed by atoms with Gasteiger partial charge in [-0.3, -0.25) is 4.79 Å². The summed E-state index contributed by atoms with van der Waals surface area (Å²) < 4.78 is 0. The maximum Gasteiger partial charge on any atom is 0.227 e. The Morgan fingerprint density at radius 2 is 1.76 bits per heavy atom. The Hall–Kier alpha value is -3.41. The number of nitrogens with zero attached hydrogens (tertiary/aromatic N) is 4. The standard InChI is InChI=1S/C27H33N5O/c1-4-31(5-2)23-11-12-24(20(3)17-23)30-27(33)22-13-15-32(16-14-22)26-18-25(28-19-29-26)21-9-7-6-8-10-21/h6-12,17-19,22H,4-5,13-16H2,1-3H3,(H,30,33). The lowest BCUT2D eigenvalue weighted by atomic mass is 9.95. The van der Waals surface area contributed by atoms with Gasteiger partial charge in [0.1, 0.15) is 12.1 Å². The molecule has 2 heterocycles. The van der Waals surface area contributed by atoms with Crippen molar-refractivity contribution >= 4 is 23.1 Å². The van der Waals surface area contributed by atoms with Crippen molar-refractivity contribution in [1.82, 2.24) is 9.97 Å². The van der Waals surface area contributed by atoms with E-state index < -0.39 is 0 Å². The summed E-state index contributed by atoms with van der Waals surface area (Å²) in [5.74, 6) is 1.05. The van der Waals surface area contributed by atoms with Crippen LogP contribution in [0.1, 0.15) is 32.3 Å². The summed E-state index contributed by atoms with van der Waals surface area (Å²) in [6.07, 6.45) is 3.25. The van der Waals surface area contributed by atoms with Crippen LogP contribution in [0.2, 0.25) is 0 Å². The van der Waals surface area contributed by atoms with Crippen molar-refractivity contribution in [3.8, 4) is 11.3 Å². The highest BCUT2D eigenvalue weighted by atomic mass is 16.1. The van der Waals surface area contributed by atoms with E-state index in [9.17, 15) is 4.79 Å². The molecule has 1 aliphatic heterocycles. The van der Waals surface area contributed by atoms with Crippen LogP contribution in [0.3, 0.4) is 0 Å². The molecule has 0 saturated carbocycles. The van der Waals surface area contributed by atoms with Gasteiger partial charge in [0.25, 0.3) is 0 Å². The Balaban J connectivity index is 1.36. The molecule has 1 aliphatic rings. The molecule has 0 aliphatic carbocycles. The summed E-state index contributed by atoms with van der Waals surface area (Å²) >= 11 is 0. The molecule has 6 heteroatoms. The van der Waals surface area contributed by atoms with Gasteiger partial charge in [-0.15, -0.1) is 0 Å². The van der Waals surface area contributed by atoms with Gasteiger partial charge in [-0.2, -0.15) is 0 Å². The van der Waals surface area contributed by atoms with Crippen molar-refractivity contribution in [1.29, 1.82) is 0 Å². The quantitative estimate of drug-likeness (QED) is 0.547. The Labute approximate surface area is 196 Å². The van der Waals surface area contributed by atoms with Gasteiger partial charge >= 0.3 is 0 Å². The van der Waals surface area contributed by atoms with Crippen LogP contribution < -0.4 is 15.1 Å². The third-order valence-electron chi connectivity index (χ3n) is 6.51. The Morgan fingerprint density at radius 1 is 1.03 bits per heavy atom. The molecule has 1 N–H and O–H groups in total. The van der Waals surface area contributed by atoms with Gasteiger partial charge in [-0.1, -0.05) is 30.3 Å². The largest absolute Gasteiger partial charge is 0.372 e. The lowest BCUT2D eigenvalue weighted by molar-refractivity contribution is -0.120. The van der Waals surface area contributed by atoms with Crippen LogP contribution in [0.4, 0.5) is 17.2 Å². The van der Waals surface area contributed by atoms with Gasteiger partial charge in [0.15, 0.2) is 0 Å². The number of nitrogens with one attached hydrogen (secondary N) is 1. The van der Waals surface area contributed by atoms with Crippen LogP contribution in [0, 0.1) is 12.8 Å². The molecule has 1 saturated heterocycles. The number of hydrogen-bond donors (Lipinski definition) is 1. The average molecular weight is 444 g/mol. The highest BCUT2D eigenvalue weighted by molar-refractivity contribution is 5.93. The van der Waals surface area contributed by atoms with Crippen LogP contribution in [-0.2, 0) is 4.79 Å². The van der Waals surface area contributed by atoms with Crippen LogP contribution in [0.5, 0.6) is 0 Å². The van der Waals surface area contributed by atoms with E-state index in [0.29, 0.717) is 0 Å². The zero-order valence-electron chi connectivity index (χ0n) is 19.8. The van der Waals surface area contributed by atoms with Crippen LogP contribution in [0.15, 0.2) is 60.9 Å². The van der Waals surface area contributed by atoms with Gasteiger partial charge in [0.05, 0.1) is 5.69 Å². The maximum absolute atomic E-state index is 13.0. The number of carbonyl (C=O) groups is 1. The van der Waals surface area contributed by atoms with Crippen molar-refractivity contribution in [2.24, 2.45) is 5.92 Å². The van der Waals surface area contributed by atoms with Gasteiger partial charge in [-0.25, -0.2) is 9.97 Å². The van der Waals surface area contributed by atoms with E-state index in [-0.39, 0.29) is 11.8 Å². The van der Waals surface area contributed by atoms with Gasteiger partial charge < -0.3 is 15.1 Å². The molecule has 6 nitrogen and oxygen atoms in total. The Morgan fingerprint density at radius 3 is 2.42 bits per heavy atom. The number of carbonyl (C=O) groups excluding carboxylic acids is 1. The fourth-order valence-electron chi connectivity index (χ4n) is 4.47. The van der Waals surface area contributed by atoms with E-state index in [1.807, 2.05) is 30.3 Å². The molecule has 1 fully saturated rings. The lowest BCUT2D eigenvalue weighted by Gasteiger charge is -2.32. The predicted octanol–water partition coefficient (Wildman–Crippen LogP) is 5.15. The Bertz CT molecular complexity index is 1070. The second-order valence-corrected chi connectivity index (χ2v) is 8.55. The molecule has 172 valence electrons. The molecule has 4 rings (SSSR count). The smallest absolute Gasteiger partial charge is 0.227 e. The first-order valence-corrected chi connectivity index (χ1v) is 11.9. The summed E-state index contributed by atoms with van der Waals surface area (Å²) in [4.78, 5) is 26.4. The second kappa shape index (κ2) is 10.5. The number of rotatable bonds is 7. The van der Waals surface area contributed by atoms with Crippen LogP contribution in [0.25, 0.3) is 11.3 Å². The van der Waals surface area contributed by atoms with Crippen molar-refractivity contribution in [2.45, 2.75) is 33.6 Å². The molecule has 3 aromatic rings. The average Bonchev–Trinajstić information content (AvgIpc) is 2.87. The second-order valence-electron chi connectivity index (χ2n) is 8.55. The van der Waals surface area contributed by atoms with E-state index in [4.69, 9.17) is 0 Å². The topological polar surface area (TPSA) is 61.4 Å². The molecule has 0 radical (unpaired) electrons. The monoisotopic (exact) mass is 443 g/mol. The summed E-state index contributed by atoms with van der Waals surface area (Å²) in [7, 11) is 0. The van der Waals surface area contributed by atoms with Crippen molar-refractivity contribution in [2.75, 3.05) is 41.3 Å². The number of hydrogen-bond acceptors (Lipinski definition) is 5. The van der Waals surface area contributed by atoms with E-state index >= 15 is 0 Å². The first-order chi connectivity index (χ1) is 16.1. The first-order valence-electron chi connectivity index (χ1n) is 11.9. The van der Waals surface area contributed by atoms with E-state index in [1.165, 1.54) is 5.69 Å². The minimum Gasteiger partial charge on any atom is -0.372 e. The molecule has 0 unspecified atom stereocenters. The zero-order valence-corrected chi connectivity index (χ0v) is 19.8. The Kier molecular flexibility index (Phi) is 7.23. The summed E-state index contributed by atoms with van der Waals surface area (Å²) in [6.45, 7) is 9.94. The number of amides is 1. The highest BCUT2D eigenvalue weighted by Crippen LogP contribution is 2.27. The summed E-state index contributed by atoms with van der Waals surface area (Å²) in [5, 5.41) is 3.17. The predicted molar refractivity (Wildman–Crippen MR) is 136 cm³/mol. The summed E-state index contributed by atoms with van der Waals surface area (Å²) in [6, 6.07) is 18.5. The van der Waals surface area contributed by atoms with Crippen LogP contribution in [-0.4, -0.2) is 42.1 Å². The minimum absolute atomic E-state index is 0.0125. The molecular weight excluding hydrogens is 410 g/mol. The van der Waals surface area contributed by atoms with Crippen LogP contribution >= 0.6 is 0 Å². The SMILES string of the molecule is CCN(CC)c1ccc(NC(=O)C2CCN(c3cc(-c4ccccc4)ncn3)CC2)c(C)c1. The number of piperidine rings is 1. The minimum atomic E-state index is 0.0125. The van der Waals surface area contributed by atoms with Gasteiger partial charge in [0.2, 0.25) is 5.91 Å². The molecule has 1 aromatic heterocycles. The molecule has 0 spiro atoms. The fourth-order valence-corrected chi connectivity index (χ4v) is 4.47. The number of aryl methyl sites for hydroxylation is 1.